The van der Waals surface area contributed by atoms with E-state index >= 15 is 0 Å². The minimum Gasteiger partial charge on any atom is -0.497 e. The van der Waals surface area contributed by atoms with Gasteiger partial charge in [-0.25, -0.2) is 12.8 Å². The first-order chi connectivity index (χ1) is 20.6. The Balaban J connectivity index is 1.68. The van der Waals surface area contributed by atoms with Gasteiger partial charge in [0.15, 0.2) is 0 Å². The lowest BCUT2D eigenvalue weighted by Gasteiger charge is -2.32. The maximum absolute atomic E-state index is 14.1. The lowest BCUT2D eigenvalue weighted by Crippen LogP contribution is -2.52. The zero-order valence-corrected chi connectivity index (χ0v) is 25.5. The summed E-state index contributed by atoms with van der Waals surface area (Å²) < 4.78 is 53.4. The van der Waals surface area contributed by atoms with Crippen molar-refractivity contribution in [1.82, 2.24) is 10.2 Å². The van der Waals surface area contributed by atoms with Crippen LogP contribution >= 0.6 is 0 Å². The third kappa shape index (κ3) is 8.04. The average Bonchev–Trinajstić information content (AvgIpc) is 3.52. The molecule has 1 atom stereocenters. The van der Waals surface area contributed by atoms with Crippen molar-refractivity contribution in [1.29, 1.82) is 0 Å². The van der Waals surface area contributed by atoms with Gasteiger partial charge in [0, 0.05) is 12.6 Å². The number of ether oxygens (including phenoxy) is 2. The summed E-state index contributed by atoms with van der Waals surface area (Å²) in [5, 5.41) is 3.04. The molecule has 9 nitrogen and oxygen atoms in total. The summed E-state index contributed by atoms with van der Waals surface area (Å²) in [6, 6.07) is 17.0. The van der Waals surface area contributed by atoms with Crippen LogP contribution in [0.4, 0.5) is 10.1 Å². The molecule has 1 saturated carbocycles. The number of sulfonamides is 1. The Bertz CT molecular complexity index is 1490. The van der Waals surface area contributed by atoms with Gasteiger partial charge in [-0.05, 0) is 92.9 Å². The number of halogens is 1. The van der Waals surface area contributed by atoms with E-state index in [4.69, 9.17) is 9.47 Å². The van der Waals surface area contributed by atoms with Crippen LogP contribution in [-0.4, -0.2) is 57.5 Å². The highest BCUT2D eigenvalue weighted by Gasteiger charge is 2.33. The third-order valence-corrected chi connectivity index (χ3v) is 9.26. The first-order valence-electron chi connectivity index (χ1n) is 14.4. The molecule has 2 amide bonds. The van der Waals surface area contributed by atoms with E-state index in [1.807, 2.05) is 6.92 Å². The molecule has 0 aliphatic heterocycles. The second-order valence-corrected chi connectivity index (χ2v) is 12.3. The third-order valence-electron chi connectivity index (χ3n) is 7.47. The van der Waals surface area contributed by atoms with Crippen LogP contribution in [0.5, 0.6) is 11.5 Å². The topological polar surface area (TPSA) is 105 Å². The second kappa shape index (κ2) is 14.4. The summed E-state index contributed by atoms with van der Waals surface area (Å²) in [7, 11) is -2.75. The van der Waals surface area contributed by atoms with E-state index in [1.54, 1.807) is 31.2 Å². The van der Waals surface area contributed by atoms with Crippen LogP contribution in [0, 0.1) is 5.82 Å². The van der Waals surface area contributed by atoms with E-state index in [1.165, 1.54) is 48.4 Å². The zero-order chi connectivity index (χ0) is 31.0. The van der Waals surface area contributed by atoms with Crippen molar-refractivity contribution in [3.63, 3.8) is 0 Å². The minimum absolute atomic E-state index is 0.0373. The summed E-state index contributed by atoms with van der Waals surface area (Å²) in [5.41, 5.74) is 0.809. The molecule has 4 rings (SSSR count). The van der Waals surface area contributed by atoms with Crippen molar-refractivity contribution >= 4 is 27.5 Å². The number of rotatable bonds is 13. The van der Waals surface area contributed by atoms with Crippen molar-refractivity contribution in [2.24, 2.45) is 0 Å². The number of nitrogens with one attached hydrogen (secondary N) is 1. The molecular formula is C32H38FN3O6S. The molecule has 1 aliphatic rings. The molecule has 1 fully saturated rings. The number of amides is 2. The molecule has 11 heteroatoms. The molecule has 0 heterocycles. The van der Waals surface area contributed by atoms with Gasteiger partial charge in [0.1, 0.15) is 29.9 Å². The standard InChI is InChI=1S/C32H38FN3O6S/c1-4-42-28-16-18-30(19-17-28)43(39,40)36(27-14-12-25(33)13-15-27)22-31(37)35(21-24-8-7-11-29(20-24)41-3)23(2)32(38)34-26-9-5-6-10-26/h7-8,11-20,23,26H,4-6,9-10,21-22H2,1-3H3,(H,34,38)/t23-/m1/s1. The van der Waals surface area contributed by atoms with Gasteiger partial charge in [0.2, 0.25) is 11.8 Å². The zero-order valence-electron chi connectivity index (χ0n) is 24.7. The van der Waals surface area contributed by atoms with Crippen LogP contribution in [0.3, 0.4) is 0 Å². The molecule has 3 aromatic carbocycles. The molecule has 0 spiro atoms. The van der Waals surface area contributed by atoms with Gasteiger partial charge in [-0.1, -0.05) is 25.0 Å². The second-order valence-electron chi connectivity index (χ2n) is 10.4. The Morgan fingerprint density at radius 1 is 1.00 bits per heavy atom. The fourth-order valence-electron chi connectivity index (χ4n) is 5.08. The van der Waals surface area contributed by atoms with Crippen LogP contribution in [0.2, 0.25) is 0 Å². The molecule has 0 unspecified atom stereocenters. The quantitative estimate of drug-likeness (QED) is 0.295. The Labute approximate surface area is 252 Å². The van der Waals surface area contributed by atoms with E-state index in [0.29, 0.717) is 23.7 Å². The largest absolute Gasteiger partial charge is 0.497 e. The minimum atomic E-state index is -4.29. The number of hydrogen-bond acceptors (Lipinski definition) is 6. The highest BCUT2D eigenvalue weighted by molar-refractivity contribution is 7.92. The summed E-state index contributed by atoms with van der Waals surface area (Å²) in [6.07, 6.45) is 3.81. The summed E-state index contributed by atoms with van der Waals surface area (Å²) in [5.74, 6) is -0.386. The van der Waals surface area contributed by atoms with E-state index < -0.39 is 34.3 Å². The Morgan fingerprint density at radius 2 is 1.67 bits per heavy atom. The van der Waals surface area contributed by atoms with Crippen LogP contribution in [-0.2, 0) is 26.2 Å². The fraction of sp³-hybridized carbons (Fsp3) is 0.375. The summed E-state index contributed by atoms with van der Waals surface area (Å²) in [6.45, 7) is 3.28. The normalized spacial score (nSPS) is 14.1. The lowest BCUT2D eigenvalue weighted by atomic mass is 10.1. The van der Waals surface area contributed by atoms with Crippen molar-refractivity contribution in [3.05, 3.63) is 84.2 Å². The molecule has 1 N–H and O–H groups in total. The van der Waals surface area contributed by atoms with E-state index in [9.17, 15) is 22.4 Å². The van der Waals surface area contributed by atoms with Gasteiger partial charge >= 0.3 is 0 Å². The smallest absolute Gasteiger partial charge is 0.264 e. The van der Waals surface area contributed by atoms with Crippen molar-refractivity contribution in [2.45, 2.75) is 63.1 Å². The number of nitrogens with zero attached hydrogens (tertiary/aromatic N) is 2. The van der Waals surface area contributed by atoms with Gasteiger partial charge in [-0.15, -0.1) is 0 Å². The van der Waals surface area contributed by atoms with Gasteiger partial charge in [-0.2, -0.15) is 0 Å². The van der Waals surface area contributed by atoms with Gasteiger partial charge in [0.05, 0.1) is 24.3 Å². The van der Waals surface area contributed by atoms with Gasteiger partial charge in [-0.3, -0.25) is 13.9 Å². The summed E-state index contributed by atoms with van der Waals surface area (Å²) >= 11 is 0. The number of benzene rings is 3. The molecule has 0 saturated heterocycles. The number of anilines is 1. The average molecular weight is 612 g/mol. The molecule has 0 radical (unpaired) electrons. The monoisotopic (exact) mass is 611 g/mol. The Hall–Kier alpha value is -4.12. The molecule has 0 bridgehead atoms. The van der Waals surface area contributed by atoms with Crippen molar-refractivity contribution < 1.29 is 31.9 Å². The maximum Gasteiger partial charge on any atom is 0.264 e. The fourth-order valence-corrected chi connectivity index (χ4v) is 6.49. The van der Waals surface area contributed by atoms with E-state index in [0.717, 1.165) is 42.1 Å². The maximum atomic E-state index is 14.1. The lowest BCUT2D eigenvalue weighted by molar-refractivity contribution is -0.139. The van der Waals surface area contributed by atoms with E-state index in [-0.39, 0.29) is 29.1 Å². The number of hydrogen-bond donors (Lipinski definition) is 1. The number of carbonyl (C=O) groups excluding carboxylic acids is 2. The van der Waals surface area contributed by atoms with Gasteiger partial charge in [0.25, 0.3) is 10.0 Å². The predicted octanol–water partition coefficient (Wildman–Crippen LogP) is 4.90. The first-order valence-corrected chi connectivity index (χ1v) is 15.8. The summed E-state index contributed by atoms with van der Waals surface area (Å²) in [4.78, 5) is 28.7. The van der Waals surface area contributed by atoms with Crippen molar-refractivity contribution in [3.8, 4) is 11.5 Å². The Kier molecular flexibility index (Phi) is 10.6. The van der Waals surface area contributed by atoms with Gasteiger partial charge < -0.3 is 19.7 Å². The molecular weight excluding hydrogens is 573 g/mol. The SMILES string of the molecule is CCOc1ccc(S(=O)(=O)N(CC(=O)N(Cc2cccc(OC)c2)[C@H](C)C(=O)NC2CCCC2)c2ccc(F)cc2)cc1. The molecule has 3 aromatic rings. The number of methoxy groups -OCH3 is 1. The molecule has 1 aliphatic carbocycles. The first kappa shape index (κ1) is 31.8. The van der Waals surface area contributed by atoms with Crippen LogP contribution in [0.1, 0.15) is 45.1 Å². The number of carbonyl (C=O) groups is 2. The highest BCUT2D eigenvalue weighted by Crippen LogP contribution is 2.27. The highest BCUT2D eigenvalue weighted by atomic mass is 32.2. The Morgan fingerprint density at radius 3 is 2.30 bits per heavy atom. The van der Waals surface area contributed by atoms with Crippen LogP contribution in [0.15, 0.2) is 77.7 Å². The van der Waals surface area contributed by atoms with E-state index in [2.05, 4.69) is 5.32 Å². The van der Waals surface area contributed by atoms with Crippen LogP contribution in [0.25, 0.3) is 0 Å². The van der Waals surface area contributed by atoms with Crippen LogP contribution < -0.4 is 19.1 Å². The molecule has 43 heavy (non-hydrogen) atoms. The van der Waals surface area contributed by atoms with Crippen molar-refractivity contribution in [2.75, 3.05) is 24.6 Å². The predicted molar refractivity (Wildman–Crippen MR) is 162 cm³/mol. The molecule has 230 valence electrons. The molecule has 0 aromatic heterocycles.